The van der Waals surface area contributed by atoms with E-state index in [9.17, 15) is 18.3 Å². The molecule has 0 bridgehead atoms. The molecule has 2 aliphatic carbocycles. The topological polar surface area (TPSA) is 86.7 Å². The molecule has 7 heteroatoms. The summed E-state index contributed by atoms with van der Waals surface area (Å²) in [4.78, 5) is 14.3. The van der Waals surface area contributed by atoms with E-state index in [1.54, 1.807) is 19.2 Å². The van der Waals surface area contributed by atoms with Gasteiger partial charge in [0.25, 0.3) is 5.91 Å². The van der Waals surface area contributed by atoms with Gasteiger partial charge in [-0.1, -0.05) is 6.07 Å². The Morgan fingerprint density at radius 3 is 2.67 bits per heavy atom. The monoisotopic (exact) mass is 352 g/mol. The Bertz CT molecular complexity index is 715. The van der Waals surface area contributed by atoms with Crippen LogP contribution in [0.25, 0.3) is 0 Å². The number of sulfonamides is 1. The van der Waals surface area contributed by atoms with E-state index in [1.165, 1.54) is 17.0 Å². The highest BCUT2D eigenvalue weighted by molar-refractivity contribution is 7.89. The lowest BCUT2D eigenvalue weighted by molar-refractivity contribution is 0.0538. The van der Waals surface area contributed by atoms with E-state index in [2.05, 4.69) is 4.72 Å². The van der Waals surface area contributed by atoms with Crippen molar-refractivity contribution in [3.63, 3.8) is 0 Å². The molecule has 0 radical (unpaired) electrons. The van der Waals surface area contributed by atoms with Crippen molar-refractivity contribution < 1.29 is 18.3 Å². The molecule has 1 aromatic rings. The van der Waals surface area contributed by atoms with Crippen LogP contribution in [-0.4, -0.2) is 50.1 Å². The maximum atomic E-state index is 12.6. The number of aliphatic hydroxyl groups is 1. The minimum atomic E-state index is -3.60. The normalized spacial score (nSPS) is 24.1. The van der Waals surface area contributed by atoms with E-state index < -0.39 is 16.1 Å². The van der Waals surface area contributed by atoms with Gasteiger partial charge in [-0.3, -0.25) is 4.79 Å². The summed E-state index contributed by atoms with van der Waals surface area (Å²) in [5.41, 5.74) is 0.325. The number of likely N-dealkylation sites (N-methyl/N-ethyl adjacent to an activating group) is 1. The molecule has 2 N–H and O–H groups in total. The summed E-state index contributed by atoms with van der Waals surface area (Å²) in [6.45, 7) is 0.453. The van der Waals surface area contributed by atoms with Gasteiger partial charge >= 0.3 is 0 Å². The minimum absolute atomic E-state index is 0.106. The average Bonchev–Trinajstić information content (AvgIpc) is 3.32. The fourth-order valence-electron chi connectivity index (χ4n) is 3.16. The van der Waals surface area contributed by atoms with Crippen LogP contribution in [0.1, 0.15) is 42.5 Å². The van der Waals surface area contributed by atoms with Gasteiger partial charge in [0.15, 0.2) is 0 Å². The fraction of sp³-hybridized carbons (Fsp3) is 0.588. The Morgan fingerprint density at radius 2 is 2.04 bits per heavy atom. The number of nitrogens with one attached hydrogen (secondary N) is 1. The van der Waals surface area contributed by atoms with Crippen molar-refractivity contribution in [2.24, 2.45) is 5.92 Å². The molecular weight excluding hydrogens is 328 g/mol. The number of benzene rings is 1. The van der Waals surface area contributed by atoms with Crippen LogP contribution in [0.2, 0.25) is 0 Å². The van der Waals surface area contributed by atoms with Gasteiger partial charge in [-0.05, 0) is 56.2 Å². The molecular formula is C17H24N2O4S. The van der Waals surface area contributed by atoms with Crippen molar-refractivity contribution >= 4 is 15.9 Å². The summed E-state index contributed by atoms with van der Waals surface area (Å²) < 4.78 is 27.3. The molecule has 0 aliphatic heterocycles. The first-order valence-electron chi connectivity index (χ1n) is 8.43. The van der Waals surface area contributed by atoms with Gasteiger partial charge in [0, 0.05) is 19.2 Å². The zero-order valence-electron chi connectivity index (χ0n) is 13.8. The molecule has 132 valence electrons. The number of carbonyl (C=O) groups is 1. The predicted octanol–water partition coefficient (Wildman–Crippen LogP) is 1.36. The highest BCUT2D eigenvalue weighted by Crippen LogP contribution is 2.28. The molecule has 3 rings (SSSR count). The van der Waals surface area contributed by atoms with Crippen LogP contribution in [0.4, 0.5) is 0 Å². The van der Waals surface area contributed by atoms with Gasteiger partial charge in [0.2, 0.25) is 10.0 Å². The second-order valence-corrected chi connectivity index (χ2v) is 8.57. The molecule has 2 fully saturated rings. The Labute approximate surface area is 142 Å². The molecule has 24 heavy (non-hydrogen) atoms. The highest BCUT2D eigenvalue weighted by atomic mass is 32.2. The third-order valence-electron chi connectivity index (χ3n) is 4.91. The molecule has 0 saturated heterocycles. The summed E-state index contributed by atoms with van der Waals surface area (Å²) in [6.07, 6.45) is 3.98. The van der Waals surface area contributed by atoms with Crippen molar-refractivity contribution in [2.45, 2.75) is 49.1 Å². The summed E-state index contributed by atoms with van der Waals surface area (Å²) in [7, 11) is -1.94. The molecule has 2 atom stereocenters. The standard InChI is InChI=1S/C17H24N2O4S/c1-19(15-6-3-7-16(15)20)17(21)13-4-2-5-14(10-13)24(22,23)18-11-12-8-9-12/h2,4-5,10,12,15-16,18,20H,3,6-9,11H2,1H3/t15-,16-/m1/s1. The maximum Gasteiger partial charge on any atom is 0.253 e. The molecule has 6 nitrogen and oxygen atoms in total. The van der Waals surface area contributed by atoms with Crippen molar-refractivity contribution in [1.29, 1.82) is 0 Å². The van der Waals surface area contributed by atoms with Crippen molar-refractivity contribution in [3.05, 3.63) is 29.8 Å². The Hall–Kier alpha value is -1.44. The zero-order valence-corrected chi connectivity index (χ0v) is 14.6. The van der Waals surface area contributed by atoms with Crippen LogP contribution in [0.5, 0.6) is 0 Å². The van der Waals surface area contributed by atoms with E-state index in [4.69, 9.17) is 0 Å². The zero-order chi connectivity index (χ0) is 17.3. The third kappa shape index (κ3) is 3.79. The molecule has 2 aliphatic rings. The Kier molecular flexibility index (Phi) is 4.94. The number of hydrogen-bond donors (Lipinski definition) is 2. The van der Waals surface area contributed by atoms with Crippen LogP contribution in [0.15, 0.2) is 29.2 Å². The number of rotatable bonds is 6. The number of amides is 1. The lowest BCUT2D eigenvalue weighted by Gasteiger charge is -2.27. The minimum Gasteiger partial charge on any atom is -0.391 e. The number of carbonyl (C=O) groups excluding carboxylic acids is 1. The lowest BCUT2D eigenvalue weighted by atomic mass is 10.1. The van der Waals surface area contributed by atoms with Gasteiger partial charge in [0.1, 0.15) is 0 Å². The van der Waals surface area contributed by atoms with Crippen molar-refractivity contribution in [3.8, 4) is 0 Å². The van der Waals surface area contributed by atoms with E-state index in [-0.39, 0.29) is 16.8 Å². The van der Waals surface area contributed by atoms with Gasteiger partial charge in [0.05, 0.1) is 17.0 Å². The predicted molar refractivity (Wildman–Crippen MR) is 90.1 cm³/mol. The van der Waals surface area contributed by atoms with Crippen LogP contribution in [-0.2, 0) is 10.0 Å². The van der Waals surface area contributed by atoms with Gasteiger partial charge in [-0.25, -0.2) is 13.1 Å². The molecule has 0 unspecified atom stereocenters. The van der Waals surface area contributed by atoms with Crippen molar-refractivity contribution in [1.82, 2.24) is 9.62 Å². The first-order valence-corrected chi connectivity index (χ1v) is 9.92. The van der Waals surface area contributed by atoms with Crippen molar-refractivity contribution in [2.75, 3.05) is 13.6 Å². The quantitative estimate of drug-likeness (QED) is 0.809. The van der Waals surface area contributed by atoms with Gasteiger partial charge in [-0.2, -0.15) is 0 Å². The lowest BCUT2D eigenvalue weighted by Crippen LogP contribution is -2.41. The van der Waals surface area contributed by atoms with Gasteiger partial charge in [-0.15, -0.1) is 0 Å². The van der Waals surface area contributed by atoms with E-state index in [0.717, 1.165) is 25.7 Å². The Balaban J connectivity index is 1.75. The summed E-state index contributed by atoms with van der Waals surface area (Å²) in [5, 5.41) is 9.97. The number of nitrogens with zero attached hydrogens (tertiary/aromatic N) is 1. The van der Waals surface area contributed by atoms with Crippen LogP contribution < -0.4 is 4.72 Å². The highest BCUT2D eigenvalue weighted by Gasteiger charge is 2.32. The van der Waals surface area contributed by atoms with Gasteiger partial charge < -0.3 is 10.0 Å². The van der Waals surface area contributed by atoms with E-state index >= 15 is 0 Å². The van der Waals surface area contributed by atoms with E-state index in [0.29, 0.717) is 24.4 Å². The molecule has 0 aromatic heterocycles. The second-order valence-electron chi connectivity index (χ2n) is 6.80. The molecule has 0 spiro atoms. The third-order valence-corrected chi connectivity index (χ3v) is 6.33. The smallest absolute Gasteiger partial charge is 0.253 e. The largest absolute Gasteiger partial charge is 0.391 e. The summed E-state index contributed by atoms with van der Waals surface area (Å²) in [6, 6.07) is 5.90. The molecule has 1 aromatic carbocycles. The second kappa shape index (κ2) is 6.82. The fourth-order valence-corrected chi connectivity index (χ4v) is 4.32. The molecule has 2 saturated carbocycles. The SMILES string of the molecule is CN(C(=O)c1cccc(S(=O)(=O)NCC2CC2)c1)[C@@H]1CCC[C@H]1O. The summed E-state index contributed by atoms with van der Waals surface area (Å²) in [5.74, 6) is 0.180. The maximum absolute atomic E-state index is 12.6. The van der Waals surface area contributed by atoms with Crippen LogP contribution in [0.3, 0.4) is 0 Å². The Morgan fingerprint density at radius 1 is 1.29 bits per heavy atom. The van der Waals surface area contributed by atoms with Crippen LogP contribution >= 0.6 is 0 Å². The first kappa shape index (κ1) is 17.4. The summed E-state index contributed by atoms with van der Waals surface area (Å²) >= 11 is 0. The number of aliphatic hydroxyl groups excluding tert-OH is 1. The first-order chi connectivity index (χ1) is 11.4. The average molecular weight is 352 g/mol. The molecule has 0 heterocycles. The van der Waals surface area contributed by atoms with E-state index in [1.807, 2.05) is 0 Å². The number of hydrogen-bond acceptors (Lipinski definition) is 4. The molecule has 1 amide bonds. The van der Waals surface area contributed by atoms with Crippen LogP contribution in [0, 0.1) is 5.92 Å².